The molecule has 1 aliphatic heterocycles. The van der Waals surface area contributed by atoms with Gasteiger partial charge in [-0.2, -0.15) is 0 Å². The topological polar surface area (TPSA) is 69.3 Å². The molecular weight excluding hydrogens is 312 g/mol. The summed E-state index contributed by atoms with van der Waals surface area (Å²) in [7, 11) is 1.72. The van der Waals surface area contributed by atoms with E-state index in [9.17, 15) is 4.79 Å². The van der Waals surface area contributed by atoms with Crippen LogP contribution in [-0.2, 0) is 5.54 Å². The zero-order valence-corrected chi connectivity index (χ0v) is 14.3. The number of nitrogens with zero attached hydrogens (tertiary/aromatic N) is 1. The summed E-state index contributed by atoms with van der Waals surface area (Å²) >= 11 is 0. The molecule has 1 aliphatic rings. The lowest BCUT2D eigenvalue weighted by Gasteiger charge is -2.22. The molecule has 0 radical (unpaired) electrons. The second-order valence-corrected chi connectivity index (χ2v) is 6.56. The van der Waals surface area contributed by atoms with E-state index in [1.807, 2.05) is 37.3 Å². The van der Waals surface area contributed by atoms with E-state index in [-0.39, 0.29) is 5.56 Å². The SMILES string of the molecule is CN=C1NCC(C)(c2ccc(-c3ccc4ccccc4c3)[nH]c2=O)N1. The average Bonchev–Trinajstić information content (AvgIpc) is 3.03. The lowest BCUT2D eigenvalue weighted by Crippen LogP contribution is -2.42. The van der Waals surface area contributed by atoms with Crippen LogP contribution in [0.4, 0.5) is 0 Å². The quantitative estimate of drug-likeness (QED) is 0.676. The number of pyridine rings is 1. The molecule has 1 atom stereocenters. The van der Waals surface area contributed by atoms with Crippen LogP contribution in [0, 0.1) is 0 Å². The summed E-state index contributed by atoms with van der Waals surface area (Å²) in [6.45, 7) is 2.62. The molecule has 1 aromatic heterocycles. The first-order chi connectivity index (χ1) is 12.1. The molecule has 0 bridgehead atoms. The van der Waals surface area contributed by atoms with Gasteiger partial charge in [-0.3, -0.25) is 9.79 Å². The van der Waals surface area contributed by atoms with E-state index >= 15 is 0 Å². The fourth-order valence-corrected chi connectivity index (χ4v) is 3.34. The summed E-state index contributed by atoms with van der Waals surface area (Å²) in [5, 5.41) is 8.79. The maximum Gasteiger partial charge on any atom is 0.254 e. The van der Waals surface area contributed by atoms with E-state index in [0.29, 0.717) is 18.1 Å². The zero-order valence-electron chi connectivity index (χ0n) is 14.3. The van der Waals surface area contributed by atoms with Gasteiger partial charge in [0, 0.05) is 24.8 Å². The van der Waals surface area contributed by atoms with Gasteiger partial charge in [-0.25, -0.2) is 0 Å². The van der Waals surface area contributed by atoms with E-state index in [1.54, 1.807) is 7.05 Å². The van der Waals surface area contributed by atoms with E-state index < -0.39 is 5.54 Å². The molecule has 1 unspecified atom stereocenters. The van der Waals surface area contributed by atoms with Gasteiger partial charge >= 0.3 is 0 Å². The van der Waals surface area contributed by atoms with Crippen LogP contribution in [0.25, 0.3) is 22.0 Å². The van der Waals surface area contributed by atoms with Crippen molar-refractivity contribution >= 4 is 16.7 Å². The van der Waals surface area contributed by atoms with E-state index in [2.05, 4.69) is 44.9 Å². The second kappa shape index (κ2) is 5.77. The third-order valence-electron chi connectivity index (χ3n) is 4.79. The van der Waals surface area contributed by atoms with Gasteiger partial charge in [0.25, 0.3) is 5.56 Å². The number of hydrogen-bond donors (Lipinski definition) is 3. The molecule has 25 heavy (non-hydrogen) atoms. The Morgan fingerprint density at radius 3 is 2.56 bits per heavy atom. The number of H-pyrrole nitrogens is 1. The number of guanidine groups is 1. The molecule has 5 heteroatoms. The molecule has 0 aliphatic carbocycles. The first-order valence-electron chi connectivity index (χ1n) is 8.31. The predicted molar refractivity (Wildman–Crippen MR) is 102 cm³/mol. The minimum Gasteiger partial charge on any atom is -0.354 e. The van der Waals surface area contributed by atoms with Crippen LogP contribution in [0.1, 0.15) is 12.5 Å². The third kappa shape index (κ3) is 2.67. The molecule has 2 aromatic carbocycles. The van der Waals surface area contributed by atoms with Crippen molar-refractivity contribution in [1.29, 1.82) is 0 Å². The number of nitrogens with one attached hydrogen (secondary N) is 3. The van der Waals surface area contributed by atoms with Gasteiger partial charge in [0.1, 0.15) is 0 Å². The Labute approximate surface area is 145 Å². The highest BCUT2D eigenvalue weighted by Crippen LogP contribution is 2.25. The smallest absolute Gasteiger partial charge is 0.254 e. The molecule has 126 valence electrons. The number of benzene rings is 2. The molecule has 2 heterocycles. The average molecular weight is 332 g/mol. The molecule has 0 spiro atoms. The first kappa shape index (κ1) is 15.4. The Morgan fingerprint density at radius 2 is 1.84 bits per heavy atom. The van der Waals surface area contributed by atoms with Gasteiger partial charge in [0.15, 0.2) is 5.96 Å². The monoisotopic (exact) mass is 332 g/mol. The Kier molecular flexibility index (Phi) is 3.57. The Hall–Kier alpha value is -3.08. The van der Waals surface area contributed by atoms with E-state index in [0.717, 1.165) is 16.6 Å². The van der Waals surface area contributed by atoms with Crippen LogP contribution in [0.2, 0.25) is 0 Å². The van der Waals surface area contributed by atoms with Crippen molar-refractivity contribution in [3.8, 4) is 11.3 Å². The molecule has 1 fully saturated rings. The predicted octanol–water partition coefficient (Wildman–Crippen LogP) is 2.59. The summed E-state index contributed by atoms with van der Waals surface area (Å²) in [6, 6.07) is 18.3. The fraction of sp³-hybridized carbons (Fsp3) is 0.200. The number of rotatable bonds is 2. The molecule has 5 nitrogen and oxygen atoms in total. The molecule has 3 aromatic rings. The van der Waals surface area contributed by atoms with Crippen LogP contribution in [0.5, 0.6) is 0 Å². The highest BCUT2D eigenvalue weighted by Gasteiger charge is 2.35. The highest BCUT2D eigenvalue weighted by molar-refractivity contribution is 5.87. The van der Waals surface area contributed by atoms with E-state index in [1.165, 1.54) is 5.39 Å². The molecular formula is C20H20N4O. The van der Waals surface area contributed by atoms with Gasteiger partial charge in [-0.15, -0.1) is 0 Å². The van der Waals surface area contributed by atoms with Crippen molar-refractivity contribution in [2.24, 2.45) is 4.99 Å². The van der Waals surface area contributed by atoms with Gasteiger partial charge in [-0.05, 0) is 41.5 Å². The number of aromatic nitrogens is 1. The van der Waals surface area contributed by atoms with Crippen molar-refractivity contribution in [1.82, 2.24) is 15.6 Å². The fourth-order valence-electron chi connectivity index (χ4n) is 3.34. The summed E-state index contributed by atoms with van der Waals surface area (Å²) in [6.07, 6.45) is 0. The largest absolute Gasteiger partial charge is 0.354 e. The Morgan fingerprint density at radius 1 is 1.04 bits per heavy atom. The lowest BCUT2D eigenvalue weighted by molar-refractivity contribution is 0.475. The number of aromatic amines is 1. The highest BCUT2D eigenvalue weighted by atomic mass is 16.1. The first-order valence-corrected chi connectivity index (χ1v) is 8.31. The number of aliphatic imine (C=N–C) groups is 1. The summed E-state index contributed by atoms with van der Waals surface area (Å²) in [4.78, 5) is 19.8. The van der Waals surface area contributed by atoms with Crippen LogP contribution >= 0.6 is 0 Å². The summed E-state index contributed by atoms with van der Waals surface area (Å²) < 4.78 is 0. The maximum absolute atomic E-state index is 12.7. The van der Waals surface area contributed by atoms with E-state index in [4.69, 9.17) is 0 Å². The minimum atomic E-state index is -0.468. The minimum absolute atomic E-state index is 0.0835. The van der Waals surface area contributed by atoms with Crippen molar-refractivity contribution in [3.05, 3.63) is 70.5 Å². The lowest BCUT2D eigenvalue weighted by atomic mass is 9.94. The third-order valence-corrected chi connectivity index (χ3v) is 4.79. The number of hydrogen-bond acceptors (Lipinski definition) is 2. The summed E-state index contributed by atoms with van der Waals surface area (Å²) in [5.74, 6) is 0.709. The van der Waals surface area contributed by atoms with Crippen LogP contribution in [-0.4, -0.2) is 24.5 Å². The van der Waals surface area contributed by atoms with Crippen LogP contribution in [0.15, 0.2) is 64.4 Å². The van der Waals surface area contributed by atoms with Crippen molar-refractivity contribution in [2.75, 3.05) is 13.6 Å². The van der Waals surface area contributed by atoms with Crippen molar-refractivity contribution in [2.45, 2.75) is 12.5 Å². The molecule has 0 amide bonds. The van der Waals surface area contributed by atoms with Crippen molar-refractivity contribution < 1.29 is 0 Å². The van der Waals surface area contributed by atoms with Gasteiger partial charge < -0.3 is 15.6 Å². The molecule has 1 saturated heterocycles. The molecule has 3 N–H and O–H groups in total. The zero-order chi connectivity index (χ0) is 17.4. The Balaban J connectivity index is 1.73. The molecule has 0 saturated carbocycles. The Bertz CT molecular complexity index is 1040. The van der Waals surface area contributed by atoms with Gasteiger partial charge in [-0.1, -0.05) is 36.4 Å². The summed E-state index contributed by atoms with van der Waals surface area (Å²) in [5.41, 5.74) is 1.96. The second-order valence-electron chi connectivity index (χ2n) is 6.56. The normalized spacial score (nSPS) is 21.3. The number of fused-ring (bicyclic) bond motifs is 1. The standard InChI is InChI=1S/C20H20N4O/c1-20(12-22-19(21-2)24-20)16-9-10-17(23-18(16)25)15-8-7-13-5-3-4-6-14(13)11-15/h3-11H,12H2,1-2H3,(H,23,25)(H2,21,22,24). The van der Waals surface area contributed by atoms with Crippen LogP contribution in [0.3, 0.4) is 0 Å². The van der Waals surface area contributed by atoms with Crippen molar-refractivity contribution in [3.63, 3.8) is 0 Å². The maximum atomic E-state index is 12.7. The van der Waals surface area contributed by atoms with Gasteiger partial charge in [0.2, 0.25) is 0 Å². The van der Waals surface area contributed by atoms with Gasteiger partial charge in [0.05, 0.1) is 5.54 Å². The van der Waals surface area contributed by atoms with Crippen LogP contribution < -0.4 is 16.2 Å². The molecule has 4 rings (SSSR count).